The first-order valence-electron chi connectivity index (χ1n) is 6.80. The van der Waals surface area contributed by atoms with Gasteiger partial charge in [0.15, 0.2) is 0 Å². The molecule has 0 fully saturated rings. The topological polar surface area (TPSA) is 56.1 Å². The number of terminal acetylenes is 1. The number of amides is 1. The quantitative estimate of drug-likeness (QED) is 0.799. The number of imidazole rings is 1. The molecule has 0 aliphatic heterocycles. The number of benzene rings is 1. The minimum atomic E-state index is -0.457. The third kappa shape index (κ3) is 4.63. The number of hydrogen-bond donors (Lipinski definition) is 1. The number of carbonyl (C=O) groups is 1. The van der Waals surface area contributed by atoms with Gasteiger partial charge in [0, 0.05) is 31.4 Å². The second kappa shape index (κ2) is 7.84. The van der Waals surface area contributed by atoms with Gasteiger partial charge in [0.1, 0.15) is 18.2 Å². The van der Waals surface area contributed by atoms with Crippen molar-refractivity contribution in [3.05, 3.63) is 42.7 Å². The Bertz CT molecular complexity index is 663. The number of ether oxygens (including phenoxy) is 1. The molecule has 2 aromatic rings. The van der Waals surface area contributed by atoms with Crippen LogP contribution in [0.2, 0.25) is 0 Å². The van der Waals surface area contributed by atoms with Crippen molar-refractivity contribution in [1.82, 2.24) is 9.55 Å². The minimum Gasteiger partial charge on any atom is -0.479 e. The van der Waals surface area contributed by atoms with Crippen molar-refractivity contribution in [2.75, 3.05) is 11.9 Å². The highest BCUT2D eigenvalue weighted by molar-refractivity contribution is 5.92. The molecule has 0 spiro atoms. The SMILES string of the molecule is C#CCOc1ccc(F)cc1NC(=O)CCCn1ccnc1. The van der Waals surface area contributed by atoms with Gasteiger partial charge in [0.05, 0.1) is 12.0 Å². The van der Waals surface area contributed by atoms with Crippen molar-refractivity contribution in [2.45, 2.75) is 19.4 Å². The van der Waals surface area contributed by atoms with Crippen molar-refractivity contribution in [3.8, 4) is 18.1 Å². The first kappa shape index (κ1) is 15.6. The molecular formula is C16H16FN3O2. The van der Waals surface area contributed by atoms with Crippen molar-refractivity contribution in [2.24, 2.45) is 0 Å². The summed E-state index contributed by atoms with van der Waals surface area (Å²) in [6.07, 6.45) is 11.3. The summed E-state index contributed by atoms with van der Waals surface area (Å²) in [4.78, 5) is 15.8. The van der Waals surface area contributed by atoms with Gasteiger partial charge in [-0.2, -0.15) is 0 Å². The molecule has 1 amide bonds. The van der Waals surface area contributed by atoms with Gasteiger partial charge in [-0.25, -0.2) is 9.37 Å². The Hall–Kier alpha value is -2.81. The number of anilines is 1. The number of hydrogen-bond acceptors (Lipinski definition) is 3. The molecule has 6 heteroatoms. The van der Waals surface area contributed by atoms with E-state index in [1.54, 1.807) is 12.5 Å². The number of nitrogens with zero attached hydrogens (tertiary/aromatic N) is 2. The van der Waals surface area contributed by atoms with Crippen molar-refractivity contribution in [3.63, 3.8) is 0 Å². The maximum absolute atomic E-state index is 13.3. The molecule has 0 atom stereocenters. The number of nitrogens with one attached hydrogen (secondary N) is 1. The summed E-state index contributed by atoms with van der Waals surface area (Å²) < 4.78 is 20.5. The molecule has 0 bridgehead atoms. The highest BCUT2D eigenvalue weighted by Gasteiger charge is 2.09. The lowest BCUT2D eigenvalue weighted by atomic mass is 10.2. The molecule has 114 valence electrons. The predicted octanol–water partition coefficient (Wildman–Crippen LogP) is 2.45. The third-order valence-corrected chi connectivity index (χ3v) is 2.91. The van der Waals surface area contributed by atoms with E-state index in [9.17, 15) is 9.18 Å². The van der Waals surface area contributed by atoms with Crippen LogP contribution in [0.25, 0.3) is 0 Å². The molecule has 0 radical (unpaired) electrons. The Labute approximate surface area is 128 Å². The summed E-state index contributed by atoms with van der Waals surface area (Å²) in [5.41, 5.74) is 0.280. The van der Waals surface area contributed by atoms with Crippen LogP contribution in [0.3, 0.4) is 0 Å². The van der Waals surface area contributed by atoms with Crippen molar-refractivity contribution in [1.29, 1.82) is 0 Å². The average molecular weight is 301 g/mol. The molecule has 1 aromatic heterocycles. The molecule has 1 N–H and O–H groups in total. The fraction of sp³-hybridized carbons (Fsp3) is 0.250. The summed E-state index contributed by atoms with van der Waals surface area (Å²) in [6.45, 7) is 0.742. The molecule has 1 heterocycles. The standard InChI is InChI=1S/C16H16FN3O2/c1-2-10-22-15-6-5-13(17)11-14(15)19-16(21)4-3-8-20-9-7-18-12-20/h1,5-7,9,11-12H,3-4,8,10H2,(H,19,21). The van der Waals surface area contributed by atoms with Crippen molar-refractivity contribution >= 4 is 11.6 Å². The summed E-state index contributed by atoms with van der Waals surface area (Å²) in [6, 6.07) is 3.90. The van der Waals surface area contributed by atoms with Gasteiger partial charge in [-0.15, -0.1) is 6.42 Å². The molecule has 0 unspecified atom stereocenters. The zero-order valence-corrected chi connectivity index (χ0v) is 12.0. The van der Waals surface area contributed by atoms with E-state index in [-0.39, 0.29) is 18.2 Å². The van der Waals surface area contributed by atoms with Crippen LogP contribution in [0.4, 0.5) is 10.1 Å². The maximum Gasteiger partial charge on any atom is 0.224 e. The Morgan fingerprint density at radius 2 is 2.36 bits per heavy atom. The largest absolute Gasteiger partial charge is 0.479 e. The van der Waals surface area contributed by atoms with E-state index in [0.29, 0.717) is 25.1 Å². The number of carbonyl (C=O) groups excluding carboxylic acids is 1. The van der Waals surface area contributed by atoms with Crippen LogP contribution >= 0.6 is 0 Å². The fourth-order valence-corrected chi connectivity index (χ4v) is 1.90. The third-order valence-electron chi connectivity index (χ3n) is 2.91. The van der Waals surface area contributed by atoms with E-state index in [1.807, 2.05) is 10.8 Å². The van der Waals surface area contributed by atoms with E-state index in [2.05, 4.69) is 16.2 Å². The Kier molecular flexibility index (Phi) is 5.55. The van der Waals surface area contributed by atoms with Crippen LogP contribution in [0, 0.1) is 18.2 Å². The second-order valence-corrected chi connectivity index (χ2v) is 4.59. The van der Waals surface area contributed by atoms with Gasteiger partial charge in [0.25, 0.3) is 0 Å². The van der Waals surface area contributed by atoms with E-state index in [1.165, 1.54) is 18.2 Å². The van der Waals surface area contributed by atoms with Crippen LogP contribution in [0.5, 0.6) is 5.75 Å². The van der Waals surface area contributed by atoms with Crippen LogP contribution < -0.4 is 10.1 Å². The zero-order chi connectivity index (χ0) is 15.8. The number of aromatic nitrogens is 2. The smallest absolute Gasteiger partial charge is 0.224 e. The average Bonchev–Trinajstić information content (AvgIpc) is 3.00. The summed E-state index contributed by atoms with van der Waals surface area (Å²) in [7, 11) is 0. The van der Waals surface area contributed by atoms with Gasteiger partial charge in [-0.05, 0) is 18.6 Å². The normalized spacial score (nSPS) is 10.0. The molecule has 0 aliphatic rings. The lowest BCUT2D eigenvalue weighted by molar-refractivity contribution is -0.116. The summed E-state index contributed by atoms with van der Waals surface area (Å²) >= 11 is 0. The van der Waals surface area contributed by atoms with Crippen molar-refractivity contribution < 1.29 is 13.9 Å². The van der Waals surface area contributed by atoms with E-state index in [0.717, 1.165) is 0 Å². The molecule has 0 saturated carbocycles. The van der Waals surface area contributed by atoms with Gasteiger partial charge in [-0.1, -0.05) is 5.92 Å². The molecule has 1 aromatic carbocycles. The van der Waals surface area contributed by atoms with E-state index in [4.69, 9.17) is 11.2 Å². The molecule has 0 saturated heterocycles. The molecular weight excluding hydrogens is 285 g/mol. The monoisotopic (exact) mass is 301 g/mol. The number of halogens is 1. The molecule has 2 rings (SSSR count). The van der Waals surface area contributed by atoms with Crippen LogP contribution in [0.1, 0.15) is 12.8 Å². The Morgan fingerprint density at radius 1 is 1.50 bits per heavy atom. The van der Waals surface area contributed by atoms with Crippen LogP contribution in [-0.4, -0.2) is 22.1 Å². The highest BCUT2D eigenvalue weighted by Crippen LogP contribution is 2.25. The first-order chi connectivity index (χ1) is 10.7. The van der Waals surface area contributed by atoms with E-state index >= 15 is 0 Å². The maximum atomic E-state index is 13.3. The second-order valence-electron chi connectivity index (χ2n) is 4.59. The van der Waals surface area contributed by atoms with Crippen LogP contribution in [-0.2, 0) is 11.3 Å². The van der Waals surface area contributed by atoms with Gasteiger partial charge in [-0.3, -0.25) is 4.79 Å². The summed E-state index contributed by atoms with van der Waals surface area (Å²) in [5.74, 6) is 2.00. The molecule has 5 nitrogen and oxygen atoms in total. The first-order valence-corrected chi connectivity index (χ1v) is 6.80. The Balaban J connectivity index is 1.89. The summed E-state index contributed by atoms with van der Waals surface area (Å²) in [5, 5.41) is 2.64. The predicted molar refractivity (Wildman–Crippen MR) is 80.8 cm³/mol. The highest BCUT2D eigenvalue weighted by atomic mass is 19.1. The Morgan fingerprint density at radius 3 is 3.09 bits per heavy atom. The fourth-order valence-electron chi connectivity index (χ4n) is 1.90. The van der Waals surface area contributed by atoms with Gasteiger partial charge < -0.3 is 14.6 Å². The zero-order valence-electron chi connectivity index (χ0n) is 12.0. The molecule has 0 aliphatic carbocycles. The van der Waals surface area contributed by atoms with Gasteiger partial charge >= 0.3 is 0 Å². The number of rotatable bonds is 7. The molecule has 22 heavy (non-hydrogen) atoms. The van der Waals surface area contributed by atoms with Crippen LogP contribution in [0.15, 0.2) is 36.9 Å². The minimum absolute atomic E-state index is 0.0507. The lowest BCUT2D eigenvalue weighted by Gasteiger charge is -2.11. The lowest BCUT2D eigenvalue weighted by Crippen LogP contribution is -2.13. The number of aryl methyl sites for hydroxylation is 1. The van der Waals surface area contributed by atoms with E-state index < -0.39 is 5.82 Å². The van der Waals surface area contributed by atoms with Gasteiger partial charge in [0.2, 0.25) is 5.91 Å².